The van der Waals surface area contributed by atoms with Gasteiger partial charge in [-0.15, -0.1) is 0 Å². The van der Waals surface area contributed by atoms with Crippen molar-refractivity contribution in [2.24, 2.45) is 5.92 Å². The Kier molecular flexibility index (Phi) is 2.95. The van der Waals surface area contributed by atoms with Gasteiger partial charge in [-0.3, -0.25) is 4.79 Å². The summed E-state index contributed by atoms with van der Waals surface area (Å²) in [5.41, 5.74) is 1.02. The molecular formula is C13H16FNO. The lowest BCUT2D eigenvalue weighted by molar-refractivity contribution is -0.136. The van der Waals surface area contributed by atoms with Gasteiger partial charge in [0.15, 0.2) is 0 Å². The monoisotopic (exact) mass is 221 g/mol. The first-order valence-electron chi connectivity index (χ1n) is 5.60. The normalized spacial score (nSPS) is 25.9. The Labute approximate surface area is 95.1 Å². The van der Waals surface area contributed by atoms with Gasteiger partial charge in [-0.1, -0.05) is 19.1 Å². The summed E-state index contributed by atoms with van der Waals surface area (Å²) in [6, 6.07) is 6.53. The van der Waals surface area contributed by atoms with Crippen LogP contribution in [-0.2, 0) is 4.79 Å². The molecule has 2 nitrogen and oxygen atoms in total. The van der Waals surface area contributed by atoms with Crippen molar-refractivity contribution >= 4 is 5.91 Å². The van der Waals surface area contributed by atoms with Crippen LogP contribution in [0, 0.1) is 11.7 Å². The van der Waals surface area contributed by atoms with Crippen molar-refractivity contribution in [3.63, 3.8) is 0 Å². The summed E-state index contributed by atoms with van der Waals surface area (Å²) in [5.74, 6) is 0.363. The Bertz CT molecular complexity index is 387. The first-order chi connectivity index (χ1) is 7.59. The van der Waals surface area contributed by atoms with Gasteiger partial charge in [-0.2, -0.15) is 0 Å². The maximum atomic E-state index is 12.8. The highest BCUT2D eigenvalue weighted by atomic mass is 19.1. The number of piperidine rings is 1. The smallest absolute Gasteiger partial charge is 0.222 e. The van der Waals surface area contributed by atoms with Crippen LogP contribution >= 0.6 is 0 Å². The van der Waals surface area contributed by atoms with Crippen LogP contribution < -0.4 is 0 Å². The predicted octanol–water partition coefficient (Wildman–Crippen LogP) is 2.76. The van der Waals surface area contributed by atoms with Crippen LogP contribution in [0.15, 0.2) is 24.3 Å². The van der Waals surface area contributed by atoms with Gasteiger partial charge in [0.25, 0.3) is 0 Å². The van der Waals surface area contributed by atoms with E-state index in [2.05, 4.69) is 6.92 Å². The lowest BCUT2D eigenvalue weighted by Gasteiger charge is -2.37. The third-order valence-electron chi connectivity index (χ3n) is 3.37. The number of carbonyl (C=O) groups excluding carboxylic acids is 1. The summed E-state index contributed by atoms with van der Waals surface area (Å²) in [6.07, 6.45) is 1.53. The average Bonchev–Trinajstić information content (AvgIpc) is 2.27. The number of amides is 1. The molecule has 2 unspecified atom stereocenters. The van der Waals surface area contributed by atoms with Gasteiger partial charge in [-0.05, 0) is 30.0 Å². The van der Waals surface area contributed by atoms with E-state index in [0.29, 0.717) is 12.3 Å². The molecule has 2 rings (SSSR count). The molecule has 16 heavy (non-hydrogen) atoms. The second kappa shape index (κ2) is 4.24. The third kappa shape index (κ3) is 1.94. The first kappa shape index (κ1) is 11.1. The van der Waals surface area contributed by atoms with Crippen molar-refractivity contribution in [3.8, 4) is 0 Å². The molecule has 1 aromatic carbocycles. The van der Waals surface area contributed by atoms with Crippen molar-refractivity contribution < 1.29 is 9.18 Å². The molecule has 1 aromatic rings. The molecule has 0 aliphatic carbocycles. The number of rotatable bonds is 1. The number of carbonyl (C=O) groups is 1. The molecule has 0 spiro atoms. The van der Waals surface area contributed by atoms with Crippen LogP contribution in [0.5, 0.6) is 0 Å². The molecule has 0 aromatic heterocycles. The molecule has 86 valence electrons. The third-order valence-corrected chi connectivity index (χ3v) is 3.37. The predicted molar refractivity (Wildman–Crippen MR) is 60.3 cm³/mol. The minimum Gasteiger partial charge on any atom is -0.338 e. The summed E-state index contributed by atoms with van der Waals surface area (Å²) in [5, 5.41) is 0. The maximum absolute atomic E-state index is 12.8. The Hall–Kier alpha value is -1.38. The summed E-state index contributed by atoms with van der Waals surface area (Å²) >= 11 is 0. The summed E-state index contributed by atoms with van der Waals surface area (Å²) in [7, 11) is 1.83. The largest absolute Gasteiger partial charge is 0.338 e. The second-order valence-electron chi connectivity index (χ2n) is 4.52. The molecule has 0 bridgehead atoms. The van der Waals surface area contributed by atoms with E-state index in [9.17, 15) is 9.18 Å². The fourth-order valence-electron chi connectivity index (χ4n) is 2.43. The van der Waals surface area contributed by atoms with Crippen molar-refractivity contribution in [2.45, 2.75) is 25.8 Å². The van der Waals surface area contributed by atoms with Gasteiger partial charge in [0.1, 0.15) is 5.82 Å². The molecule has 1 aliphatic heterocycles. The van der Waals surface area contributed by atoms with Crippen LogP contribution in [0.4, 0.5) is 4.39 Å². The molecule has 1 aliphatic rings. The van der Waals surface area contributed by atoms with Crippen LogP contribution in [0.2, 0.25) is 0 Å². The van der Waals surface area contributed by atoms with Crippen LogP contribution in [0.3, 0.4) is 0 Å². The zero-order valence-corrected chi connectivity index (χ0v) is 9.61. The van der Waals surface area contributed by atoms with E-state index < -0.39 is 0 Å². The van der Waals surface area contributed by atoms with E-state index in [1.165, 1.54) is 12.1 Å². The molecule has 1 fully saturated rings. The fourth-order valence-corrected chi connectivity index (χ4v) is 2.43. The molecule has 0 saturated carbocycles. The van der Waals surface area contributed by atoms with E-state index in [4.69, 9.17) is 0 Å². The van der Waals surface area contributed by atoms with E-state index >= 15 is 0 Å². The number of halogens is 1. The Balaban J connectivity index is 2.29. The van der Waals surface area contributed by atoms with Crippen molar-refractivity contribution in [1.82, 2.24) is 4.90 Å². The van der Waals surface area contributed by atoms with E-state index in [1.807, 2.05) is 7.05 Å². The fraction of sp³-hybridized carbons (Fsp3) is 0.462. The van der Waals surface area contributed by atoms with Crippen molar-refractivity contribution in [2.75, 3.05) is 7.05 Å². The first-order valence-corrected chi connectivity index (χ1v) is 5.60. The Morgan fingerprint density at radius 2 is 1.94 bits per heavy atom. The molecule has 0 N–H and O–H groups in total. The Morgan fingerprint density at radius 1 is 1.31 bits per heavy atom. The highest BCUT2D eigenvalue weighted by Crippen LogP contribution is 2.35. The highest BCUT2D eigenvalue weighted by Gasteiger charge is 2.31. The lowest BCUT2D eigenvalue weighted by Crippen LogP contribution is -2.39. The zero-order valence-electron chi connectivity index (χ0n) is 9.61. The minimum absolute atomic E-state index is 0.0850. The van der Waals surface area contributed by atoms with Crippen LogP contribution in [0.1, 0.15) is 31.4 Å². The SMILES string of the molecule is CC1CCC(=O)N(C)C1c1ccc(F)cc1. The number of hydrogen-bond acceptors (Lipinski definition) is 1. The summed E-state index contributed by atoms with van der Waals surface area (Å²) in [4.78, 5) is 13.4. The Morgan fingerprint density at radius 3 is 2.56 bits per heavy atom. The number of likely N-dealkylation sites (tertiary alicyclic amines) is 1. The number of benzene rings is 1. The standard InChI is InChI=1S/C13H16FNO/c1-9-3-8-12(16)15(2)13(9)10-4-6-11(14)7-5-10/h4-7,9,13H,3,8H2,1-2H3. The van der Waals surface area contributed by atoms with Gasteiger partial charge < -0.3 is 4.90 Å². The van der Waals surface area contributed by atoms with Gasteiger partial charge in [0.05, 0.1) is 6.04 Å². The van der Waals surface area contributed by atoms with E-state index in [-0.39, 0.29) is 17.8 Å². The molecule has 1 amide bonds. The molecule has 0 radical (unpaired) electrons. The van der Waals surface area contributed by atoms with Crippen molar-refractivity contribution in [1.29, 1.82) is 0 Å². The van der Waals surface area contributed by atoms with Gasteiger partial charge in [0.2, 0.25) is 5.91 Å². The van der Waals surface area contributed by atoms with E-state index in [1.54, 1.807) is 17.0 Å². The van der Waals surface area contributed by atoms with Gasteiger partial charge >= 0.3 is 0 Å². The molecule has 3 heteroatoms. The average molecular weight is 221 g/mol. The molecule has 1 heterocycles. The summed E-state index contributed by atoms with van der Waals surface area (Å²) < 4.78 is 12.8. The zero-order chi connectivity index (χ0) is 11.7. The topological polar surface area (TPSA) is 20.3 Å². The number of hydrogen-bond donors (Lipinski definition) is 0. The van der Waals surface area contributed by atoms with Gasteiger partial charge in [0, 0.05) is 13.5 Å². The maximum Gasteiger partial charge on any atom is 0.222 e. The molecular weight excluding hydrogens is 205 g/mol. The van der Waals surface area contributed by atoms with Gasteiger partial charge in [-0.25, -0.2) is 4.39 Å². The minimum atomic E-state index is -0.235. The quantitative estimate of drug-likeness (QED) is 0.714. The summed E-state index contributed by atoms with van der Waals surface area (Å²) in [6.45, 7) is 2.14. The second-order valence-corrected chi connectivity index (χ2v) is 4.52. The molecule has 2 atom stereocenters. The lowest BCUT2D eigenvalue weighted by atomic mass is 9.86. The van der Waals surface area contributed by atoms with Crippen molar-refractivity contribution in [3.05, 3.63) is 35.6 Å². The van der Waals surface area contributed by atoms with Crippen LogP contribution in [0.25, 0.3) is 0 Å². The van der Waals surface area contributed by atoms with Crippen LogP contribution in [-0.4, -0.2) is 17.9 Å². The number of nitrogens with zero attached hydrogens (tertiary/aromatic N) is 1. The van der Waals surface area contributed by atoms with E-state index in [0.717, 1.165) is 12.0 Å². The molecule has 1 saturated heterocycles. The highest BCUT2D eigenvalue weighted by molar-refractivity contribution is 5.77.